The number of piperidine rings is 1. The lowest BCUT2D eigenvalue weighted by Crippen LogP contribution is -2.43. The van der Waals surface area contributed by atoms with E-state index in [0.717, 1.165) is 51.9 Å². The van der Waals surface area contributed by atoms with Gasteiger partial charge in [-0.15, -0.1) is 0 Å². The van der Waals surface area contributed by atoms with Crippen LogP contribution in [0, 0.1) is 18.7 Å². The second kappa shape index (κ2) is 7.95. The molecule has 0 aliphatic carbocycles. The van der Waals surface area contributed by atoms with Crippen molar-refractivity contribution in [2.45, 2.75) is 32.6 Å². The maximum absolute atomic E-state index is 13.5. The van der Waals surface area contributed by atoms with Gasteiger partial charge in [0.25, 0.3) is 0 Å². The molecule has 25 heavy (non-hydrogen) atoms. The SMILES string of the molecule is Cc1ccc(NC(=O)CN2CCC(C(=O)N3CCCC3)CC2)cc1F. The van der Waals surface area contributed by atoms with E-state index in [0.29, 0.717) is 11.3 Å². The first-order chi connectivity index (χ1) is 12.0. The molecule has 3 rings (SSSR count). The van der Waals surface area contributed by atoms with Gasteiger partial charge in [-0.05, 0) is 63.4 Å². The quantitative estimate of drug-likeness (QED) is 0.910. The maximum atomic E-state index is 13.5. The topological polar surface area (TPSA) is 52.7 Å². The molecule has 2 saturated heterocycles. The van der Waals surface area contributed by atoms with Gasteiger partial charge in [-0.3, -0.25) is 14.5 Å². The Labute approximate surface area is 148 Å². The molecule has 136 valence electrons. The zero-order chi connectivity index (χ0) is 17.8. The number of carbonyl (C=O) groups is 2. The molecule has 2 aliphatic rings. The van der Waals surface area contributed by atoms with Crippen LogP contribution in [0.4, 0.5) is 10.1 Å². The van der Waals surface area contributed by atoms with E-state index in [9.17, 15) is 14.0 Å². The van der Waals surface area contributed by atoms with Crippen molar-refractivity contribution in [1.29, 1.82) is 0 Å². The Hall–Kier alpha value is -1.95. The van der Waals surface area contributed by atoms with Gasteiger partial charge in [0.1, 0.15) is 5.82 Å². The molecule has 0 bridgehead atoms. The van der Waals surface area contributed by atoms with Crippen LogP contribution in [0.5, 0.6) is 0 Å². The molecular weight excluding hydrogens is 321 g/mol. The first-order valence-electron chi connectivity index (χ1n) is 9.10. The third-order valence-electron chi connectivity index (χ3n) is 5.18. The summed E-state index contributed by atoms with van der Waals surface area (Å²) in [5.41, 5.74) is 1.04. The zero-order valence-corrected chi connectivity index (χ0v) is 14.8. The second-order valence-electron chi connectivity index (χ2n) is 7.09. The molecule has 6 heteroatoms. The molecular formula is C19H26FN3O2. The van der Waals surface area contributed by atoms with Crippen LogP contribution in [-0.2, 0) is 9.59 Å². The van der Waals surface area contributed by atoms with Crippen LogP contribution in [0.2, 0.25) is 0 Å². The molecule has 0 radical (unpaired) electrons. The molecule has 2 amide bonds. The summed E-state index contributed by atoms with van der Waals surface area (Å²) >= 11 is 0. The molecule has 2 aliphatic heterocycles. The average molecular weight is 347 g/mol. The summed E-state index contributed by atoms with van der Waals surface area (Å²) < 4.78 is 13.5. The van der Waals surface area contributed by atoms with Crippen molar-refractivity contribution in [2.75, 3.05) is 38.0 Å². The first kappa shape index (κ1) is 17.9. The lowest BCUT2D eigenvalue weighted by Gasteiger charge is -2.32. The maximum Gasteiger partial charge on any atom is 0.238 e. The highest BCUT2D eigenvalue weighted by atomic mass is 19.1. The molecule has 2 fully saturated rings. The van der Waals surface area contributed by atoms with Crippen molar-refractivity contribution in [3.8, 4) is 0 Å². The summed E-state index contributed by atoms with van der Waals surface area (Å²) in [4.78, 5) is 28.6. The molecule has 1 aromatic carbocycles. The van der Waals surface area contributed by atoms with Gasteiger partial charge in [-0.2, -0.15) is 0 Å². The summed E-state index contributed by atoms with van der Waals surface area (Å²) in [5.74, 6) is -0.0769. The summed E-state index contributed by atoms with van der Waals surface area (Å²) in [6.07, 6.45) is 3.85. The van der Waals surface area contributed by atoms with Gasteiger partial charge < -0.3 is 10.2 Å². The normalized spacial score (nSPS) is 19.2. The third kappa shape index (κ3) is 4.57. The summed E-state index contributed by atoms with van der Waals surface area (Å²) in [5, 5.41) is 2.74. The van der Waals surface area contributed by atoms with Gasteiger partial charge >= 0.3 is 0 Å². The number of rotatable bonds is 4. The van der Waals surface area contributed by atoms with E-state index in [1.54, 1.807) is 19.1 Å². The van der Waals surface area contributed by atoms with Crippen molar-refractivity contribution in [3.63, 3.8) is 0 Å². The highest BCUT2D eigenvalue weighted by molar-refractivity contribution is 5.92. The number of amides is 2. The van der Waals surface area contributed by atoms with Crippen LogP contribution in [0.3, 0.4) is 0 Å². The molecule has 0 atom stereocenters. The lowest BCUT2D eigenvalue weighted by atomic mass is 9.95. The Balaban J connectivity index is 1.44. The monoisotopic (exact) mass is 347 g/mol. The Kier molecular flexibility index (Phi) is 5.68. The average Bonchev–Trinajstić information content (AvgIpc) is 3.13. The number of aryl methyl sites for hydroxylation is 1. The molecule has 2 heterocycles. The summed E-state index contributed by atoms with van der Waals surface area (Å²) in [6.45, 7) is 5.26. The van der Waals surface area contributed by atoms with E-state index >= 15 is 0 Å². The fourth-order valence-electron chi connectivity index (χ4n) is 3.61. The Morgan fingerprint density at radius 3 is 2.48 bits per heavy atom. The Morgan fingerprint density at radius 2 is 1.84 bits per heavy atom. The van der Waals surface area contributed by atoms with Crippen LogP contribution >= 0.6 is 0 Å². The van der Waals surface area contributed by atoms with E-state index in [4.69, 9.17) is 0 Å². The van der Waals surface area contributed by atoms with Crippen molar-refractivity contribution in [3.05, 3.63) is 29.6 Å². The number of carbonyl (C=O) groups excluding carboxylic acids is 2. The van der Waals surface area contributed by atoms with E-state index in [2.05, 4.69) is 10.2 Å². The lowest BCUT2D eigenvalue weighted by molar-refractivity contribution is -0.136. The highest BCUT2D eigenvalue weighted by Crippen LogP contribution is 2.22. The van der Waals surface area contributed by atoms with Gasteiger partial charge in [-0.1, -0.05) is 6.07 Å². The fourth-order valence-corrected chi connectivity index (χ4v) is 3.61. The largest absolute Gasteiger partial charge is 0.342 e. The summed E-state index contributed by atoms with van der Waals surface area (Å²) in [7, 11) is 0. The van der Waals surface area contributed by atoms with Crippen LogP contribution in [0.1, 0.15) is 31.2 Å². The van der Waals surface area contributed by atoms with Crippen molar-refractivity contribution < 1.29 is 14.0 Å². The minimum atomic E-state index is -0.320. The van der Waals surface area contributed by atoms with Gasteiger partial charge in [-0.25, -0.2) is 4.39 Å². The minimum absolute atomic E-state index is 0.101. The number of anilines is 1. The van der Waals surface area contributed by atoms with E-state index in [1.807, 2.05) is 4.90 Å². The predicted molar refractivity (Wildman–Crippen MR) is 94.7 cm³/mol. The number of nitrogens with one attached hydrogen (secondary N) is 1. The first-order valence-corrected chi connectivity index (χ1v) is 9.10. The Bertz CT molecular complexity index is 636. The van der Waals surface area contributed by atoms with Crippen LogP contribution in [-0.4, -0.2) is 54.3 Å². The van der Waals surface area contributed by atoms with Crippen molar-refractivity contribution in [2.24, 2.45) is 5.92 Å². The third-order valence-corrected chi connectivity index (χ3v) is 5.18. The molecule has 1 aromatic rings. The van der Waals surface area contributed by atoms with Crippen molar-refractivity contribution >= 4 is 17.5 Å². The molecule has 0 unspecified atom stereocenters. The van der Waals surface area contributed by atoms with Gasteiger partial charge in [0, 0.05) is 24.7 Å². The Morgan fingerprint density at radius 1 is 1.16 bits per heavy atom. The number of halogens is 1. The standard InChI is InChI=1S/C19H26FN3O2/c1-14-4-5-16(12-17(14)20)21-18(24)13-22-10-6-15(7-11-22)19(25)23-8-2-3-9-23/h4-5,12,15H,2-3,6-11,13H2,1H3,(H,21,24). The number of hydrogen-bond acceptors (Lipinski definition) is 3. The van der Waals surface area contributed by atoms with Gasteiger partial charge in [0.05, 0.1) is 6.54 Å². The van der Waals surface area contributed by atoms with Crippen LogP contribution in [0.15, 0.2) is 18.2 Å². The number of nitrogens with zero attached hydrogens (tertiary/aromatic N) is 2. The van der Waals surface area contributed by atoms with Crippen LogP contribution < -0.4 is 5.32 Å². The fraction of sp³-hybridized carbons (Fsp3) is 0.579. The van der Waals surface area contributed by atoms with E-state index < -0.39 is 0 Å². The molecule has 1 N–H and O–H groups in total. The summed E-state index contributed by atoms with van der Waals surface area (Å²) in [6, 6.07) is 4.70. The zero-order valence-electron chi connectivity index (χ0n) is 14.8. The van der Waals surface area contributed by atoms with Crippen LogP contribution in [0.25, 0.3) is 0 Å². The molecule has 5 nitrogen and oxygen atoms in total. The molecule has 0 aromatic heterocycles. The van der Waals surface area contributed by atoms with Gasteiger partial charge in [0.2, 0.25) is 11.8 Å². The van der Waals surface area contributed by atoms with E-state index in [1.165, 1.54) is 6.07 Å². The smallest absolute Gasteiger partial charge is 0.238 e. The number of benzene rings is 1. The highest BCUT2D eigenvalue weighted by Gasteiger charge is 2.30. The molecule has 0 saturated carbocycles. The second-order valence-corrected chi connectivity index (χ2v) is 7.09. The van der Waals surface area contributed by atoms with E-state index in [-0.39, 0.29) is 30.1 Å². The van der Waals surface area contributed by atoms with Gasteiger partial charge in [0.15, 0.2) is 0 Å². The number of hydrogen-bond donors (Lipinski definition) is 1. The van der Waals surface area contributed by atoms with Crippen molar-refractivity contribution in [1.82, 2.24) is 9.80 Å². The molecule has 0 spiro atoms. The number of likely N-dealkylation sites (tertiary alicyclic amines) is 2. The minimum Gasteiger partial charge on any atom is -0.342 e. The predicted octanol–water partition coefficient (Wildman–Crippen LogP) is 2.41.